The predicted octanol–water partition coefficient (Wildman–Crippen LogP) is 1.16. The van der Waals surface area contributed by atoms with Crippen LogP contribution in [0, 0.1) is 6.92 Å². The molecule has 0 bridgehead atoms. The minimum atomic E-state index is -0.170. The van der Waals surface area contributed by atoms with Crippen molar-refractivity contribution in [1.82, 2.24) is 4.90 Å². The number of quaternary nitrogens is 1. The monoisotopic (exact) mass is 406 g/mol. The van der Waals surface area contributed by atoms with E-state index in [-0.39, 0.29) is 25.0 Å². The Balaban J connectivity index is 1.30. The molecule has 2 amide bonds. The van der Waals surface area contributed by atoms with Crippen molar-refractivity contribution >= 4 is 23.6 Å². The second kappa shape index (κ2) is 9.13. The lowest BCUT2D eigenvalue weighted by Crippen LogP contribution is -3.14. The standard InChI is InChI=1S/C24H27N3O3/c1-19-9-10-22-21(16-19)27(24(29)18-30-22)17-23(28)26-14-12-25(13-15-26)11-5-8-20-6-3-2-4-7-20/h2-10,16H,11-15,17-18H2,1H3/p+1/b8-5+. The van der Waals surface area contributed by atoms with E-state index < -0.39 is 0 Å². The second-order valence-corrected chi connectivity index (χ2v) is 7.89. The van der Waals surface area contributed by atoms with Gasteiger partial charge in [0, 0.05) is 0 Å². The molecule has 0 atom stereocenters. The molecule has 1 fully saturated rings. The molecule has 2 aliphatic heterocycles. The van der Waals surface area contributed by atoms with E-state index in [2.05, 4.69) is 24.3 Å². The minimum Gasteiger partial charge on any atom is -0.482 e. The molecule has 2 aromatic rings. The number of rotatable bonds is 5. The lowest BCUT2D eigenvalue weighted by molar-refractivity contribution is -0.898. The van der Waals surface area contributed by atoms with Gasteiger partial charge in [0.1, 0.15) is 12.3 Å². The molecule has 156 valence electrons. The number of amides is 2. The number of fused-ring (bicyclic) bond motifs is 1. The first-order chi connectivity index (χ1) is 14.6. The summed E-state index contributed by atoms with van der Waals surface area (Å²) in [6.07, 6.45) is 4.35. The van der Waals surface area contributed by atoms with Gasteiger partial charge in [-0.2, -0.15) is 0 Å². The lowest BCUT2D eigenvalue weighted by atomic mass is 10.1. The smallest absolute Gasteiger partial charge is 0.265 e. The zero-order valence-corrected chi connectivity index (χ0v) is 17.3. The Labute approximate surface area is 177 Å². The van der Waals surface area contributed by atoms with E-state index in [1.54, 1.807) is 4.90 Å². The second-order valence-electron chi connectivity index (χ2n) is 7.89. The molecule has 2 heterocycles. The first-order valence-electron chi connectivity index (χ1n) is 10.5. The van der Waals surface area contributed by atoms with Crippen LogP contribution < -0.4 is 14.5 Å². The Bertz CT molecular complexity index is 934. The van der Waals surface area contributed by atoms with Crippen molar-refractivity contribution in [2.75, 3.05) is 50.8 Å². The zero-order valence-electron chi connectivity index (χ0n) is 17.3. The van der Waals surface area contributed by atoms with Crippen molar-refractivity contribution in [2.24, 2.45) is 0 Å². The van der Waals surface area contributed by atoms with Gasteiger partial charge in [-0.15, -0.1) is 0 Å². The van der Waals surface area contributed by atoms with Crippen LogP contribution in [0.1, 0.15) is 11.1 Å². The summed E-state index contributed by atoms with van der Waals surface area (Å²) in [4.78, 5) is 30.2. The molecule has 0 saturated carbocycles. The highest BCUT2D eigenvalue weighted by atomic mass is 16.5. The van der Waals surface area contributed by atoms with Crippen LogP contribution in [0.2, 0.25) is 0 Å². The number of piperazine rings is 1. The molecule has 2 aliphatic rings. The number of hydrogen-bond donors (Lipinski definition) is 1. The largest absolute Gasteiger partial charge is 0.482 e. The molecule has 2 aromatic carbocycles. The predicted molar refractivity (Wildman–Crippen MR) is 117 cm³/mol. The number of nitrogens with one attached hydrogen (secondary N) is 1. The zero-order chi connectivity index (χ0) is 20.9. The van der Waals surface area contributed by atoms with Crippen LogP contribution in [-0.2, 0) is 9.59 Å². The van der Waals surface area contributed by atoms with Crippen molar-refractivity contribution in [1.29, 1.82) is 0 Å². The van der Waals surface area contributed by atoms with E-state index in [1.807, 2.05) is 48.2 Å². The molecule has 1 N–H and O–H groups in total. The molecule has 30 heavy (non-hydrogen) atoms. The number of benzene rings is 2. The summed E-state index contributed by atoms with van der Waals surface area (Å²) in [5, 5.41) is 0. The first kappa shape index (κ1) is 20.2. The lowest BCUT2D eigenvalue weighted by Gasteiger charge is -2.34. The van der Waals surface area contributed by atoms with Gasteiger partial charge in [0.15, 0.2) is 6.61 Å². The number of aryl methyl sites for hydroxylation is 1. The molecule has 0 radical (unpaired) electrons. The van der Waals surface area contributed by atoms with E-state index >= 15 is 0 Å². The topological polar surface area (TPSA) is 54.3 Å². The van der Waals surface area contributed by atoms with Crippen LogP contribution in [0.25, 0.3) is 6.08 Å². The summed E-state index contributed by atoms with van der Waals surface area (Å²) in [6, 6.07) is 16.0. The van der Waals surface area contributed by atoms with Crippen LogP contribution in [0.4, 0.5) is 5.69 Å². The molecule has 1 saturated heterocycles. The Morgan fingerprint density at radius 3 is 2.67 bits per heavy atom. The van der Waals surface area contributed by atoms with Gasteiger partial charge in [-0.25, -0.2) is 0 Å². The highest BCUT2D eigenvalue weighted by molar-refractivity contribution is 6.02. The van der Waals surface area contributed by atoms with E-state index in [1.165, 1.54) is 10.5 Å². The van der Waals surface area contributed by atoms with Gasteiger partial charge in [-0.05, 0) is 36.3 Å². The van der Waals surface area contributed by atoms with Crippen molar-refractivity contribution in [3.63, 3.8) is 0 Å². The Morgan fingerprint density at radius 1 is 1.13 bits per heavy atom. The van der Waals surface area contributed by atoms with E-state index in [4.69, 9.17) is 4.74 Å². The quantitative estimate of drug-likeness (QED) is 0.811. The fourth-order valence-electron chi connectivity index (χ4n) is 3.92. The van der Waals surface area contributed by atoms with Crippen LogP contribution in [0.15, 0.2) is 54.6 Å². The fourth-order valence-corrected chi connectivity index (χ4v) is 3.92. The van der Waals surface area contributed by atoms with Crippen molar-refractivity contribution < 1.29 is 19.2 Å². The SMILES string of the molecule is Cc1ccc2c(c1)N(CC(=O)N1CC[NH+](C/C=C/c3ccccc3)CC1)C(=O)CO2. The van der Waals surface area contributed by atoms with E-state index in [9.17, 15) is 9.59 Å². The average molecular weight is 407 g/mol. The van der Waals surface area contributed by atoms with Crippen molar-refractivity contribution in [3.05, 3.63) is 65.7 Å². The molecule has 0 spiro atoms. The highest BCUT2D eigenvalue weighted by Gasteiger charge is 2.30. The fraction of sp³-hybridized carbons (Fsp3) is 0.333. The summed E-state index contributed by atoms with van der Waals surface area (Å²) in [5.74, 6) is 0.487. The molecule has 4 rings (SSSR count). The molecule has 0 aromatic heterocycles. The van der Waals surface area contributed by atoms with Gasteiger partial charge in [0.05, 0.1) is 38.4 Å². The molecular formula is C24H28N3O3+. The average Bonchev–Trinajstić information content (AvgIpc) is 2.77. The van der Waals surface area contributed by atoms with E-state index in [0.717, 1.165) is 25.2 Å². The van der Waals surface area contributed by atoms with Crippen LogP contribution in [-0.4, -0.2) is 62.6 Å². The molecule has 0 aliphatic carbocycles. The number of anilines is 1. The van der Waals surface area contributed by atoms with Crippen LogP contribution in [0.5, 0.6) is 5.75 Å². The summed E-state index contributed by atoms with van der Waals surface area (Å²) < 4.78 is 5.51. The molecule has 0 unspecified atom stereocenters. The Kier molecular flexibility index (Phi) is 6.14. The van der Waals surface area contributed by atoms with Gasteiger partial charge in [0.2, 0.25) is 5.91 Å². The molecular weight excluding hydrogens is 378 g/mol. The van der Waals surface area contributed by atoms with Crippen molar-refractivity contribution in [3.8, 4) is 5.75 Å². The molecule has 6 heteroatoms. The number of carbonyl (C=O) groups excluding carboxylic acids is 2. The van der Waals surface area contributed by atoms with Crippen molar-refractivity contribution in [2.45, 2.75) is 6.92 Å². The number of carbonyl (C=O) groups is 2. The number of hydrogen-bond acceptors (Lipinski definition) is 3. The third-order valence-corrected chi connectivity index (χ3v) is 5.69. The highest BCUT2D eigenvalue weighted by Crippen LogP contribution is 2.32. The summed E-state index contributed by atoms with van der Waals surface area (Å²) in [7, 11) is 0. The maximum atomic E-state index is 12.9. The minimum absolute atomic E-state index is 0.00316. The summed E-state index contributed by atoms with van der Waals surface area (Å²) in [5.41, 5.74) is 2.93. The maximum Gasteiger partial charge on any atom is 0.265 e. The number of nitrogens with zero attached hydrogens (tertiary/aromatic N) is 2. The van der Waals surface area contributed by atoms with E-state index in [0.29, 0.717) is 24.5 Å². The van der Waals surface area contributed by atoms with Gasteiger partial charge < -0.3 is 14.5 Å². The van der Waals surface area contributed by atoms with Gasteiger partial charge >= 0.3 is 0 Å². The third kappa shape index (κ3) is 4.71. The summed E-state index contributed by atoms with van der Waals surface area (Å²) in [6.45, 7) is 6.23. The Hall–Kier alpha value is -3.12. The van der Waals surface area contributed by atoms with Crippen LogP contribution in [0.3, 0.4) is 0 Å². The normalized spacial score (nSPS) is 17.2. The maximum absolute atomic E-state index is 12.9. The van der Waals surface area contributed by atoms with Gasteiger partial charge in [0.25, 0.3) is 5.91 Å². The Morgan fingerprint density at radius 2 is 1.90 bits per heavy atom. The summed E-state index contributed by atoms with van der Waals surface area (Å²) >= 11 is 0. The molecule has 6 nitrogen and oxygen atoms in total. The number of ether oxygens (including phenoxy) is 1. The van der Waals surface area contributed by atoms with Gasteiger partial charge in [-0.3, -0.25) is 14.5 Å². The van der Waals surface area contributed by atoms with Crippen LogP contribution >= 0.6 is 0 Å². The van der Waals surface area contributed by atoms with Gasteiger partial charge in [-0.1, -0.05) is 42.5 Å². The third-order valence-electron chi connectivity index (χ3n) is 5.69. The first-order valence-corrected chi connectivity index (χ1v) is 10.5.